The summed E-state index contributed by atoms with van der Waals surface area (Å²) in [6.45, 7) is 11.8. The van der Waals surface area contributed by atoms with Crippen molar-refractivity contribution >= 4 is 5.91 Å². The molecule has 1 heterocycles. The van der Waals surface area contributed by atoms with E-state index in [-0.39, 0.29) is 11.9 Å². The van der Waals surface area contributed by atoms with E-state index in [0.29, 0.717) is 24.9 Å². The molecule has 1 fully saturated rings. The summed E-state index contributed by atoms with van der Waals surface area (Å²) in [5, 5.41) is 0. The zero-order valence-electron chi connectivity index (χ0n) is 13.1. The smallest absolute Gasteiger partial charge is 0.224 e. The van der Waals surface area contributed by atoms with Gasteiger partial charge in [-0.15, -0.1) is 0 Å². The molecule has 0 bridgehead atoms. The third-order valence-electron chi connectivity index (χ3n) is 4.43. The van der Waals surface area contributed by atoms with Crippen LogP contribution in [-0.4, -0.2) is 54.0 Å². The van der Waals surface area contributed by atoms with Gasteiger partial charge in [0.05, 0.1) is 0 Å². The average Bonchev–Trinajstić information content (AvgIpc) is 2.40. The summed E-state index contributed by atoms with van der Waals surface area (Å²) in [5.41, 5.74) is 5.93. The molecule has 1 aliphatic rings. The van der Waals surface area contributed by atoms with Gasteiger partial charge in [0.25, 0.3) is 0 Å². The Kier molecular flexibility index (Phi) is 6.80. The molecular weight excluding hydrogens is 238 g/mol. The van der Waals surface area contributed by atoms with Crippen LogP contribution in [0.5, 0.6) is 0 Å². The van der Waals surface area contributed by atoms with Crippen molar-refractivity contribution in [2.75, 3.05) is 26.2 Å². The Bertz CT molecular complexity index is 279. The van der Waals surface area contributed by atoms with Crippen LogP contribution in [0.25, 0.3) is 0 Å². The Balaban J connectivity index is 2.63. The molecule has 19 heavy (non-hydrogen) atoms. The number of hydrogen-bond donors (Lipinski definition) is 1. The van der Waals surface area contributed by atoms with E-state index in [1.54, 1.807) is 0 Å². The molecule has 1 amide bonds. The van der Waals surface area contributed by atoms with Gasteiger partial charge in [0, 0.05) is 44.7 Å². The maximum Gasteiger partial charge on any atom is 0.224 e. The summed E-state index contributed by atoms with van der Waals surface area (Å²) in [5.74, 6) is 0.958. The lowest BCUT2D eigenvalue weighted by Gasteiger charge is -2.42. The first-order valence-electron chi connectivity index (χ1n) is 7.76. The van der Waals surface area contributed by atoms with Crippen LogP contribution in [0, 0.1) is 5.92 Å². The highest BCUT2D eigenvalue weighted by atomic mass is 16.2. The number of rotatable bonds is 6. The van der Waals surface area contributed by atoms with E-state index < -0.39 is 0 Å². The Labute approximate surface area is 118 Å². The molecule has 0 aromatic heterocycles. The van der Waals surface area contributed by atoms with E-state index in [1.807, 2.05) is 18.7 Å². The predicted molar refractivity (Wildman–Crippen MR) is 80.0 cm³/mol. The zero-order chi connectivity index (χ0) is 14.4. The number of amides is 1. The van der Waals surface area contributed by atoms with Gasteiger partial charge in [-0.05, 0) is 39.5 Å². The zero-order valence-corrected chi connectivity index (χ0v) is 13.1. The first-order chi connectivity index (χ1) is 9.03. The van der Waals surface area contributed by atoms with Gasteiger partial charge in [-0.1, -0.05) is 6.92 Å². The summed E-state index contributed by atoms with van der Waals surface area (Å²) in [7, 11) is 0. The summed E-state index contributed by atoms with van der Waals surface area (Å²) < 4.78 is 0. The van der Waals surface area contributed by atoms with Gasteiger partial charge in [0.2, 0.25) is 5.91 Å². The van der Waals surface area contributed by atoms with Crippen LogP contribution in [0.4, 0.5) is 0 Å². The van der Waals surface area contributed by atoms with E-state index in [9.17, 15) is 4.79 Å². The van der Waals surface area contributed by atoms with E-state index in [2.05, 4.69) is 18.7 Å². The lowest BCUT2D eigenvalue weighted by atomic mass is 9.92. The van der Waals surface area contributed by atoms with Gasteiger partial charge in [0.15, 0.2) is 0 Å². The van der Waals surface area contributed by atoms with Crippen molar-refractivity contribution in [3.63, 3.8) is 0 Å². The van der Waals surface area contributed by atoms with Gasteiger partial charge in [-0.2, -0.15) is 0 Å². The molecule has 0 spiro atoms. The Hall–Kier alpha value is -0.610. The second-order valence-corrected chi connectivity index (χ2v) is 5.89. The maximum atomic E-state index is 12.2. The highest BCUT2D eigenvalue weighted by molar-refractivity contribution is 5.76. The molecule has 3 unspecified atom stereocenters. The Morgan fingerprint density at radius 1 is 1.32 bits per heavy atom. The monoisotopic (exact) mass is 269 g/mol. The number of hydrogen-bond acceptors (Lipinski definition) is 3. The molecular formula is C15H31N3O. The van der Waals surface area contributed by atoms with Crippen LogP contribution in [0.1, 0.15) is 47.0 Å². The lowest BCUT2D eigenvalue weighted by molar-refractivity contribution is -0.132. The van der Waals surface area contributed by atoms with E-state index >= 15 is 0 Å². The normalized spacial score (nSPS) is 26.2. The molecule has 0 aliphatic carbocycles. The molecule has 0 radical (unpaired) electrons. The largest absolute Gasteiger partial charge is 0.343 e. The van der Waals surface area contributed by atoms with Crippen molar-refractivity contribution in [2.45, 2.75) is 59.0 Å². The highest BCUT2D eigenvalue weighted by Gasteiger charge is 2.30. The van der Waals surface area contributed by atoms with Crippen LogP contribution >= 0.6 is 0 Å². The standard InChI is InChI=1S/C15H31N3O/c1-5-17(6-2)15(19)9-14(10-16)18-11-12(3)7-8-13(18)4/h12-14H,5-11,16H2,1-4H3. The minimum Gasteiger partial charge on any atom is -0.343 e. The van der Waals surface area contributed by atoms with Crippen LogP contribution in [0.3, 0.4) is 0 Å². The Morgan fingerprint density at radius 2 is 1.95 bits per heavy atom. The molecule has 0 aromatic rings. The number of carbonyl (C=O) groups excluding carboxylic acids is 1. The fraction of sp³-hybridized carbons (Fsp3) is 0.933. The second kappa shape index (κ2) is 7.85. The third-order valence-corrected chi connectivity index (χ3v) is 4.43. The fourth-order valence-electron chi connectivity index (χ4n) is 3.07. The molecule has 4 nitrogen and oxygen atoms in total. The first kappa shape index (κ1) is 16.4. The number of nitrogens with two attached hydrogens (primary N) is 1. The molecule has 2 N–H and O–H groups in total. The van der Waals surface area contributed by atoms with Crippen molar-refractivity contribution < 1.29 is 4.79 Å². The van der Waals surface area contributed by atoms with Crippen LogP contribution < -0.4 is 5.73 Å². The maximum absolute atomic E-state index is 12.2. The van der Waals surface area contributed by atoms with Gasteiger partial charge in [-0.3, -0.25) is 9.69 Å². The van der Waals surface area contributed by atoms with Gasteiger partial charge < -0.3 is 10.6 Å². The molecule has 1 rings (SSSR count). The third kappa shape index (κ3) is 4.46. The number of likely N-dealkylation sites (tertiary alicyclic amines) is 1. The number of piperidine rings is 1. The Morgan fingerprint density at radius 3 is 2.47 bits per heavy atom. The van der Waals surface area contributed by atoms with Crippen LogP contribution in [-0.2, 0) is 4.79 Å². The van der Waals surface area contributed by atoms with Crippen molar-refractivity contribution in [2.24, 2.45) is 11.7 Å². The van der Waals surface area contributed by atoms with Crippen molar-refractivity contribution in [3.05, 3.63) is 0 Å². The average molecular weight is 269 g/mol. The summed E-state index contributed by atoms with van der Waals surface area (Å²) >= 11 is 0. The van der Waals surface area contributed by atoms with Crippen LogP contribution in [0.2, 0.25) is 0 Å². The van der Waals surface area contributed by atoms with Crippen molar-refractivity contribution in [1.29, 1.82) is 0 Å². The van der Waals surface area contributed by atoms with Crippen molar-refractivity contribution in [1.82, 2.24) is 9.80 Å². The fourth-order valence-corrected chi connectivity index (χ4v) is 3.07. The lowest BCUT2D eigenvalue weighted by Crippen LogP contribution is -2.52. The summed E-state index contributed by atoms with van der Waals surface area (Å²) in [6.07, 6.45) is 3.07. The first-order valence-corrected chi connectivity index (χ1v) is 7.76. The van der Waals surface area contributed by atoms with Crippen LogP contribution in [0.15, 0.2) is 0 Å². The minimum atomic E-state index is 0.200. The summed E-state index contributed by atoms with van der Waals surface area (Å²) in [4.78, 5) is 16.6. The van der Waals surface area contributed by atoms with Gasteiger partial charge >= 0.3 is 0 Å². The van der Waals surface area contributed by atoms with E-state index in [1.165, 1.54) is 12.8 Å². The quantitative estimate of drug-likeness (QED) is 0.798. The van der Waals surface area contributed by atoms with Crippen molar-refractivity contribution in [3.8, 4) is 0 Å². The molecule has 0 saturated carbocycles. The number of nitrogens with zero attached hydrogens (tertiary/aromatic N) is 2. The minimum absolute atomic E-state index is 0.200. The predicted octanol–water partition coefficient (Wildman–Crippen LogP) is 1.69. The highest BCUT2D eigenvalue weighted by Crippen LogP contribution is 2.24. The topological polar surface area (TPSA) is 49.6 Å². The summed E-state index contributed by atoms with van der Waals surface area (Å²) in [6, 6.07) is 0.750. The molecule has 0 aromatic carbocycles. The van der Waals surface area contributed by atoms with E-state index in [4.69, 9.17) is 5.73 Å². The van der Waals surface area contributed by atoms with Gasteiger partial charge in [-0.25, -0.2) is 0 Å². The molecule has 4 heteroatoms. The molecule has 1 aliphatic heterocycles. The molecule has 112 valence electrons. The van der Waals surface area contributed by atoms with Gasteiger partial charge in [0.1, 0.15) is 0 Å². The molecule has 3 atom stereocenters. The number of carbonyl (C=O) groups is 1. The van der Waals surface area contributed by atoms with E-state index in [0.717, 1.165) is 19.6 Å². The molecule has 1 saturated heterocycles. The SMILES string of the molecule is CCN(CC)C(=O)CC(CN)N1CC(C)CCC1C. The second-order valence-electron chi connectivity index (χ2n) is 5.89.